The number of rotatable bonds is 4. The number of carbonyl (C=O) groups excluding carboxylic acids is 1. The second-order valence-corrected chi connectivity index (χ2v) is 5.52. The zero-order valence-electron chi connectivity index (χ0n) is 9.52. The van der Waals surface area contributed by atoms with E-state index in [1.807, 2.05) is 0 Å². The number of hydrogen-bond acceptors (Lipinski definition) is 2. The second-order valence-electron chi connectivity index (χ2n) is 4.29. The van der Waals surface area contributed by atoms with E-state index >= 15 is 0 Å². The van der Waals surface area contributed by atoms with Crippen LogP contribution in [0.25, 0.3) is 0 Å². The van der Waals surface area contributed by atoms with Gasteiger partial charge in [-0.15, -0.1) is 0 Å². The lowest BCUT2D eigenvalue weighted by Gasteiger charge is -2.24. The molecule has 0 amide bonds. The molecule has 0 radical (unpaired) electrons. The van der Waals surface area contributed by atoms with Gasteiger partial charge >= 0.3 is 0 Å². The van der Waals surface area contributed by atoms with E-state index in [9.17, 15) is 4.79 Å². The summed E-state index contributed by atoms with van der Waals surface area (Å²) in [5.41, 5.74) is 2.87. The van der Waals surface area contributed by atoms with Crippen LogP contribution in [0.1, 0.15) is 36.3 Å². The number of carbonyl (C=O) groups is 1. The zero-order valence-corrected chi connectivity index (χ0v) is 10.3. The van der Waals surface area contributed by atoms with Crippen LogP contribution in [-0.2, 0) is 11.2 Å². The fourth-order valence-corrected chi connectivity index (χ4v) is 3.49. The van der Waals surface area contributed by atoms with Gasteiger partial charge in [0.25, 0.3) is 0 Å². The third kappa shape index (κ3) is 2.88. The van der Waals surface area contributed by atoms with Gasteiger partial charge in [0.05, 0.1) is 0 Å². The van der Waals surface area contributed by atoms with E-state index in [-0.39, 0.29) is 0 Å². The minimum atomic E-state index is 0.651. The Balaban J connectivity index is 2.14. The molecule has 0 spiro atoms. The first-order valence-corrected chi connectivity index (χ1v) is 7.16. The molecule has 1 aromatic rings. The average Bonchev–Trinajstić information content (AvgIpc) is 2.38. The largest absolute Gasteiger partial charge is 0.303 e. The van der Waals surface area contributed by atoms with Crippen LogP contribution in [0.4, 0.5) is 0 Å². The van der Waals surface area contributed by atoms with Gasteiger partial charge in [-0.2, -0.15) is 11.8 Å². The first-order chi connectivity index (χ1) is 7.92. The second kappa shape index (κ2) is 6.09. The van der Waals surface area contributed by atoms with Crippen molar-refractivity contribution < 1.29 is 4.79 Å². The van der Waals surface area contributed by atoms with Crippen molar-refractivity contribution in [1.29, 1.82) is 0 Å². The van der Waals surface area contributed by atoms with E-state index in [0.717, 1.165) is 18.6 Å². The Morgan fingerprint density at radius 3 is 2.75 bits per heavy atom. The molecule has 0 unspecified atom stereocenters. The van der Waals surface area contributed by atoms with Crippen molar-refractivity contribution in [3.8, 4) is 0 Å². The molecular formula is C14H18OS. The Labute approximate surface area is 102 Å². The predicted octanol–water partition coefficient (Wildman–Crippen LogP) is 3.43. The molecule has 1 fully saturated rings. The topological polar surface area (TPSA) is 17.1 Å². The highest BCUT2D eigenvalue weighted by atomic mass is 32.2. The Morgan fingerprint density at radius 1 is 1.25 bits per heavy atom. The zero-order chi connectivity index (χ0) is 11.2. The molecule has 1 aliphatic heterocycles. The van der Waals surface area contributed by atoms with Gasteiger partial charge in [0, 0.05) is 6.42 Å². The molecule has 0 atom stereocenters. The summed E-state index contributed by atoms with van der Waals surface area (Å²) in [6.07, 6.45) is 5.17. The lowest BCUT2D eigenvalue weighted by atomic mass is 9.88. The third-order valence-corrected chi connectivity index (χ3v) is 4.30. The van der Waals surface area contributed by atoms with Crippen LogP contribution in [0.3, 0.4) is 0 Å². The van der Waals surface area contributed by atoms with Crippen LogP contribution < -0.4 is 0 Å². The highest BCUT2D eigenvalue weighted by molar-refractivity contribution is 7.99. The van der Waals surface area contributed by atoms with Gasteiger partial charge in [-0.1, -0.05) is 24.3 Å². The molecule has 0 saturated carbocycles. The molecule has 16 heavy (non-hydrogen) atoms. The van der Waals surface area contributed by atoms with Crippen LogP contribution in [0, 0.1) is 0 Å². The van der Waals surface area contributed by atoms with Crippen molar-refractivity contribution in [2.24, 2.45) is 0 Å². The molecular weight excluding hydrogens is 216 g/mol. The highest BCUT2D eigenvalue weighted by Gasteiger charge is 2.17. The lowest BCUT2D eigenvalue weighted by molar-refractivity contribution is -0.107. The van der Waals surface area contributed by atoms with Gasteiger partial charge in [0.1, 0.15) is 6.29 Å². The molecule has 0 bridgehead atoms. The molecule has 1 aromatic carbocycles. The summed E-state index contributed by atoms with van der Waals surface area (Å²) in [7, 11) is 0. The molecule has 1 nitrogen and oxygen atoms in total. The van der Waals surface area contributed by atoms with E-state index in [2.05, 4.69) is 36.0 Å². The summed E-state index contributed by atoms with van der Waals surface area (Å²) in [6, 6.07) is 8.64. The molecule has 2 heteroatoms. The SMILES string of the molecule is O=CCCc1ccccc1C1CCSCC1. The quantitative estimate of drug-likeness (QED) is 0.742. The number of aldehydes is 1. The van der Waals surface area contributed by atoms with E-state index in [0.29, 0.717) is 6.42 Å². The van der Waals surface area contributed by atoms with Gasteiger partial charge in [-0.25, -0.2) is 0 Å². The monoisotopic (exact) mass is 234 g/mol. The summed E-state index contributed by atoms with van der Waals surface area (Å²) < 4.78 is 0. The molecule has 2 rings (SSSR count). The van der Waals surface area contributed by atoms with Crippen LogP contribution in [0.15, 0.2) is 24.3 Å². The van der Waals surface area contributed by atoms with Crippen LogP contribution in [-0.4, -0.2) is 17.8 Å². The molecule has 1 heterocycles. The number of aryl methyl sites for hydroxylation is 1. The Kier molecular flexibility index (Phi) is 4.46. The van der Waals surface area contributed by atoms with Crippen LogP contribution >= 0.6 is 11.8 Å². The molecule has 0 aliphatic carbocycles. The van der Waals surface area contributed by atoms with E-state index in [1.54, 1.807) is 0 Å². The average molecular weight is 234 g/mol. The van der Waals surface area contributed by atoms with Crippen LogP contribution in [0.5, 0.6) is 0 Å². The maximum Gasteiger partial charge on any atom is 0.120 e. The first kappa shape index (κ1) is 11.7. The van der Waals surface area contributed by atoms with Gasteiger partial charge in [0.2, 0.25) is 0 Å². The smallest absolute Gasteiger partial charge is 0.120 e. The Bertz CT molecular complexity index is 342. The molecule has 0 N–H and O–H groups in total. The number of hydrogen-bond donors (Lipinski definition) is 0. The minimum absolute atomic E-state index is 0.651. The molecule has 0 aromatic heterocycles. The van der Waals surface area contributed by atoms with Crippen molar-refractivity contribution in [3.63, 3.8) is 0 Å². The maximum atomic E-state index is 10.5. The van der Waals surface area contributed by atoms with Crippen molar-refractivity contribution in [2.45, 2.75) is 31.6 Å². The summed E-state index contributed by atoms with van der Waals surface area (Å²) >= 11 is 2.06. The van der Waals surface area contributed by atoms with Gasteiger partial charge in [-0.05, 0) is 47.8 Å². The van der Waals surface area contributed by atoms with Crippen LogP contribution in [0.2, 0.25) is 0 Å². The number of thioether (sulfide) groups is 1. The van der Waals surface area contributed by atoms with Crippen molar-refractivity contribution >= 4 is 18.0 Å². The predicted molar refractivity (Wildman–Crippen MR) is 70.1 cm³/mol. The molecule has 86 valence electrons. The third-order valence-electron chi connectivity index (χ3n) is 3.25. The molecule has 1 saturated heterocycles. The van der Waals surface area contributed by atoms with Crippen molar-refractivity contribution in [1.82, 2.24) is 0 Å². The van der Waals surface area contributed by atoms with Crippen molar-refractivity contribution in [3.05, 3.63) is 35.4 Å². The lowest BCUT2D eigenvalue weighted by Crippen LogP contribution is -2.10. The summed E-state index contributed by atoms with van der Waals surface area (Å²) in [5.74, 6) is 3.29. The van der Waals surface area contributed by atoms with E-state index in [1.165, 1.54) is 35.5 Å². The van der Waals surface area contributed by atoms with Gasteiger partial charge < -0.3 is 4.79 Å². The van der Waals surface area contributed by atoms with Gasteiger partial charge in [-0.3, -0.25) is 0 Å². The summed E-state index contributed by atoms with van der Waals surface area (Å²) in [5, 5.41) is 0. The van der Waals surface area contributed by atoms with Gasteiger partial charge in [0.15, 0.2) is 0 Å². The first-order valence-electron chi connectivity index (χ1n) is 6.01. The van der Waals surface area contributed by atoms with E-state index in [4.69, 9.17) is 0 Å². The highest BCUT2D eigenvalue weighted by Crippen LogP contribution is 2.33. The summed E-state index contributed by atoms with van der Waals surface area (Å²) in [6.45, 7) is 0. The van der Waals surface area contributed by atoms with E-state index < -0.39 is 0 Å². The fourth-order valence-electron chi connectivity index (χ4n) is 2.38. The normalized spacial score (nSPS) is 17.2. The Hall–Kier alpha value is -0.760. The Morgan fingerprint density at radius 2 is 2.00 bits per heavy atom. The summed E-state index contributed by atoms with van der Waals surface area (Å²) in [4.78, 5) is 10.5. The fraction of sp³-hybridized carbons (Fsp3) is 0.500. The maximum absolute atomic E-state index is 10.5. The standard InChI is InChI=1S/C14H18OS/c15-9-3-5-12-4-1-2-6-14(12)13-7-10-16-11-8-13/h1-2,4,6,9,13H,3,5,7-8,10-11H2. The molecule has 1 aliphatic rings. The number of benzene rings is 1. The van der Waals surface area contributed by atoms with Crippen molar-refractivity contribution in [2.75, 3.05) is 11.5 Å². The minimum Gasteiger partial charge on any atom is -0.303 e.